The molecule has 0 aromatic carbocycles. The topological polar surface area (TPSA) is 33.1 Å². The molecule has 0 saturated carbocycles. The first kappa shape index (κ1) is 15.6. The molecule has 78 valence electrons. The normalized spacial score (nSPS) is 12.1. The first-order valence-corrected chi connectivity index (χ1v) is 4.10. The molecule has 0 atom stereocenters. The van der Waals surface area contributed by atoms with Crippen LogP contribution < -0.4 is 56.8 Å². The summed E-state index contributed by atoms with van der Waals surface area (Å²) in [6.07, 6.45) is 0.743. The van der Waals surface area contributed by atoms with E-state index in [0.717, 1.165) is 12.3 Å². The van der Waals surface area contributed by atoms with Crippen molar-refractivity contribution in [3.05, 3.63) is 24.0 Å². The summed E-state index contributed by atoms with van der Waals surface area (Å²) < 4.78 is 36.5. The van der Waals surface area contributed by atoms with Gasteiger partial charge in [-0.1, -0.05) is 11.5 Å². The first-order valence-electron chi connectivity index (χ1n) is 4.10. The molecule has 0 spiro atoms. The molecule has 0 aliphatic carbocycles. The van der Waals surface area contributed by atoms with E-state index in [1.165, 1.54) is 19.9 Å². The van der Waals surface area contributed by atoms with Gasteiger partial charge in [-0.25, -0.2) is 0 Å². The van der Waals surface area contributed by atoms with Crippen molar-refractivity contribution >= 4 is 12.4 Å². The summed E-state index contributed by atoms with van der Waals surface area (Å²) in [5.74, 6) is 0. The SMILES string of the molecule is CC(C)(O)c1ccc([B-](F)(F)F)cn1.[K+]. The predicted molar refractivity (Wildman–Crippen MR) is 48.2 cm³/mol. The maximum absolute atomic E-state index is 12.2. The third-order valence-corrected chi connectivity index (χ3v) is 1.79. The molecule has 1 aromatic rings. The summed E-state index contributed by atoms with van der Waals surface area (Å²) in [6.45, 7) is -2.07. The van der Waals surface area contributed by atoms with Gasteiger partial charge in [0, 0.05) is 6.20 Å². The van der Waals surface area contributed by atoms with Crippen molar-refractivity contribution < 1.29 is 69.4 Å². The largest absolute Gasteiger partial charge is 1.00 e. The minimum Gasteiger partial charge on any atom is -0.445 e. The average molecular weight is 243 g/mol. The first-order chi connectivity index (χ1) is 6.21. The Balaban J connectivity index is 0.00000196. The number of halogens is 3. The zero-order chi connectivity index (χ0) is 11.0. The van der Waals surface area contributed by atoms with Gasteiger partial charge in [-0.2, -0.15) is 0 Å². The van der Waals surface area contributed by atoms with Crippen molar-refractivity contribution in [2.45, 2.75) is 19.4 Å². The monoisotopic (exact) mass is 243 g/mol. The van der Waals surface area contributed by atoms with Crippen LogP contribution in [0.3, 0.4) is 0 Å². The van der Waals surface area contributed by atoms with Crippen molar-refractivity contribution in [1.29, 1.82) is 0 Å². The van der Waals surface area contributed by atoms with Crippen molar-refractivity contribution in [1.82, 2.24) is 4.98 Å². The van der Waals surface area contributed by atoms with E-state index in [1.54, 1.807) is 0 Å². The van der Waals surface area contributed by atoms with Crippen LogP contribution >= 0.6 is 0 Å². The fourth-order valence-electron chi connectivity index (χ4n) is 0.961. The molecule has 1 aromatic heterocycles. The summed E-state index contributed by atoms with van der Waals surface area (Å²) in [5, 5.41) is 9.44. The molecule has 0 amide bonds. The Hall–Kier alpha value is 0.601. The fourth-order valence-corrected chi connectivity index (χ4v) is 0.961. The number of rotatable bonds is 2. The van der Waals surface area contributed by atoms with Crippen LogP contribution in [0.1, 0.15) is 19.5 Å². The zero-order valence-corrected chi connectivity index (χ0v) is 12.0. The van der Waals surface area contributed by atoms with E-state index < -0.39 is 18.0 Å². The molecule has 2 nitrogen and oxygen atoms in total. The molecule has 0 saturated heterocycles. The summed E-state index contributed by atoms with van der Waals surface area (Å²) in [6, 6.07) is 2.12. The van der Waals surface area contributed by atoms with E-state index in [9.17, 15) is 18.1 Å². The van der Waals surface area contributed by atoms with Crippen LogP contribution in [0, 0.1) is 0 Å². The summed E-state index contributed by atoms with van der Waals surface area (Å²) in [4.78, 5) is 3.56. The molecule has 0 bridgehead atoms. The van der Waals surface area contributed by atoms with Gasteiger partial charge in [-0.05, 0) is 19.9 Å². The van der Waals surface area contributed by atoms with E-state index in [4.69, 9.17) is 0 Å². The van der Waals surface area contributed by atoms with E-state index >= 15 is 0 Å². The van der Waals surface area contributed by atoms with E-state index in [0.29, 0.717) is 0 Å². The van der Waals surface area contributed by atoms with Gasteiger partial charge in [0.25, 0.3) is 0 Å². The van der Waals surface area contributed by atoms with Gasteiger partial charge in [0.1, 0.15) is 5.60 Å². The quantitative estimate of drug-likeness (QED) is 0.632. The predicted octanol–water partition coefficient (Wildman–Crippen LogP) is -1.63. The van der Waals surface area contributed by atoms with Crippen LogP contribution in [0.25, 0.3) is 0 Å². The average Bonchev–Trinajstić information content (AvgIpc) is 2.01. The van der Waals surface area contributed by atoms with Crippen molar-refractivity contribution in [2.75, 3.05) is 0 Å². The second-order valence-corrected chi connectivity index (χ2v) is 3.61. The Bertz CT molecular complexity index is 287. The molecule has 1 rings (SSSR count). The summed E-state index contributed by atoms with van der Waals surface area (Å²) in [7, 11) is 0. The maximum Gasteiger partial charge on any atom is 1.00 e. The number of aromatic nitrogens is 1. The zero-order valence-electron chi connectivity index (χ0n) is 8.84. The Morgan fingerprint density at radius 3 is 2.07 bits per heavy atom. The molecule has 7 heteroatoms. The summed E-state index contributed by atoms with van der Waals surface area (Å²) >= 11 is 0. The van der Waals surface area contributed by atoms with E-state index in [1.807, 2.05) is 0 Å². The smallest absolute Gasteiger partial charge is 0.445 e. The molecule has 0 aliphatic heterocycles. The van der Waals surface area contributed by atoms with E-state index in [-0.39, 0.29) is 57.1 Å². The van der Waals surface area contributed by atoms with Gasteiger partial charge >= 0.3 is 58.4 Å². The fraction of sp³-hybridized carbons (Fsp3) is 0.375. The van der Waals surface area contributed by atoms with Gasteiger partial charge in [0.15, 0.2) is 0 Å². The number of hydrogen-bond acceptors (Lipinski definition) is 2. The second kappa shape index (κ2) is 5.29. The molecule has 0 aliphatic rings. The Morgan fingerprint density at radius 2 is 1.80 bits per heavy atom. The number of aliphatic hydroxyl groups is 1. The van der Waals surface area contributed by atoms with Crippen LogP contribution in [-0.2, 0) is 5.60 Å². The molecular formula is C8H10BF3KNO. The van der Waals surface area contributed by atoms with Gasteiger partial charge in [-0.3, -0.25) is 4.98 Å². The van der Waals surface area contributed by atoms with Crippen molar-refractivity contribution in [3.8, 4) is 0 Å². The Kier molecular flexibility index (Phi) is 5.50. The third-order valence-electron chi connectivity index (χ3n) is 1.79. The van der Waals surface area contributed by atoms with E-state index in [2.05, 4.69) is 4.98 Å². The minimum absolute atomic E-state index is 0. The van der Waals surface area contributed by atoms with Crippen LogP contribution in [0.2, 0.25) is 0 Å². The van der Waals surface area contributed by atoms with Crippen LogP contribution in [0.4, 0.5) is 12.9 Å². The van der Waals surface area contributed by atoms with Crippen LogP contribution in [0.5, 0.6) is 0 Å². The Labute approximate surface area is 129 Å². The van der Waals surface area contributed by atoms with Crippen LogP contribution in [0.15, 0.2) is 18.3 Å². The van der Waals surface area contributed by atoms with Crippen molar-refractivity contribution in [2.24, 2.45) is 0 Å². The molecule has 0 fully saturated rings. The number of pyridine rings is 1. The molecule has 15 heavy (non-hydrogen) atoms. The van der Waals surface area contributed by atoms with Crippen LogP contribution in [-0.4, -0.2) is 17.1 Å². The standard InChI is InChI=1S/C8H10BF3NO.K/c1-8(2,14)7-4-3-6(5-13-7)9(10,11)12;/h3-5,14H,1-2H3;/q-1;+1. The van der Waals surface area contributed by atoms with Gasteiger partial charge < -0.3 is 18.1 Å². The number of nitrogens with zero attached hydrogens (tertiary/aromatic N) is 1. The number of hydrogen-bond donors (Lipinski definition) is 1. The van der Waals surface area contributed by atoms with Gasteiger partial charge in [0.05, 0.1) is 5.69 Å². The minimum atomic E-state index is -5.00. The molecule has 0 radical (unpaired) electrons. The molecule has 0 unspecified atom stereocenters. The molecular weight excluding hydrogens is 233 g/mol. The van der Waals surface area contributed by atoms with Gasteiger partial charge in [-0.15, -0.1) is 0 Å². The maximum atomic E-state index is 12.2. The van der Waals surface area contributed by atoms with Crippen molar-refractivity contribution in [3.63, 3.8) is 0 Å². The Morgan fingerprint density at radius 1 is 1.27 bits per heavy atom. The van der Waals surface area contributed by atoms with Gasteiger partial charge in [0.2, 0.25) is 0 Å². The second-order valence-electron chi connectivity index (χ2n) is 3.61. The summed E-state index contributed by atoms with van der Waals surface area (Å²) in [5.41, 5.74) is -1.74. The molecule has 1 heterocycles. The third kappa shape index (κ3) is 4.54. The molecule has 1 N–H and O–H groups in total.